The summed E-state index contributed by atoms with van der Waals surface area (Å²) in [6.07, 6.45) is 3.67. The van der Waals surface area contributed by atoms with Crippen LogP contribution in [0.4, 0.5) is 0 Å². The third kappa shape index (κ3) is 3.29. The van der Waals surface area contributed by atoms with Gasteiger partial charge in [-0.2, -0.15) is 0 Å². The van der Waals surface area contributed by atoms with Crippen LogP contribution in [-0.4, -0.2) is 22.0 Å². The molecule has 1 heterocycles. The van der Waals surface area contributed by atoms with Crippen molar-refractivity contribution in [3.8, 4) is 17.1 Å². The molecule has 0 unspecified atom stereocenters. The van der Waals surface area contributed by atoms with Crippen LogP contribution in [0.2, 0.25) is 0 Å². The summed E-state index contributed by atoms with van der Waals surface area (Å²) in [5.41, 5.74) is 2.37. The predicted molar refractivity (Wildman–Crippen MR) is 95.1 cm³/mol. The first-order valence-electron chi connectivity index (χ1n) is 8.44. The molecule has 4 rings (SSSR count). The number of para-hydroxylation sites is 1. The van der Waals surface area contributed by atoms with Crippen molar-refractivity contribution in [1.82, 2.24) is 4.90 Å². The van der Waals surface area contributed by atoms with Gasteiger partial charge in [0.05, 0.1) is 6.26 Å². The molecule has 4 heteroatoms. The third-order valence-electron chi connectivity index (χ3n) is 4.52. The molecule has 1 fully saturated rings. The van der Waals surface area contributed by atoms with E-state index >= 15 is 0 Å². The molecule has 0 atom stereocenters. The van der Waals surface area contributed by atoms with Gasteiger partial charge in [-0.25, -0.2) is 0 Å². The lowest BCUT2D eigenvalue weighted by molar-refractivity contribution is 0.0729. The Hall–Kier alpha value is -3.01. The van der Waals surface area contributed by atoms with Crippen molar-refractivity contribution in [2.75, 3.05) is 0 Å². The topological polar surface area (TPSA) is 53.7 Å². The third-order valence-corrected chi connectivity index (χ3v) is 4.52. The number of hydrogen-bond donors (Lipinski definition) is 1. The van der Waals surface area contributed by atoms with Crippen LogP contribution in [0.3, 0.4) is 0 Å². The van der Waals surface area contributed by atoms with Crippen LogP contribution in [-0.2, 0) is 6.54 Å². The summed E-state index contributed by atoms with van der Waals surface area (Å²) in [6, 6.07) is 18.6. The Kier molecular flexibility index (Phi) is 4.02. The zero-order chi connectivity index (χ0) is 17.2. The van der Waals surface area contributed by atoms with Gasteiger partial charge in [-0.05, 0) is 43.2 Å². The number of nitrogens with zero attached hydrogens (tertiary/aromatic N) is 1. The number of carbonyl (C=O) groups excluding carboxylic acids is 1. The van der Waals surface area contributed by atoms with E-state index in [1.165, 1.54) is 0 Å². The van der Waals surface area contributed by atoms with Gasteiger partial charge in [0.2, 0.25) is 0 Å². The van der Waals surface area contributed by atoms with E-state index in [-0.39, 0.29) is 17.7 Å². The number of phenolic OH excluding ortho intramolecular Hbond substituents is 1. The maximum Gasteiger partial charge on any atom is 0.254 e. The van der Waals surface area contributed by atoms with Gasteiger partial charge in [0.1, 0.15) is 11.5 Å². The molecule has 0 saturated heterocycles. The van der Waals surface area contributed by atoms with Gasteiger partial charge in [0, 0.05) is 29.3 Å². The minimum absolute atomic E-state index is 0.00301. The van der Waals surface area contributed by atoms with Crippen molar-refractivity contribution in [1.29, 1.82) is 0 Å². The number of rotatable bonds is 5. The lowest BCUT2D eigenvalue weighted by atomic mass is 10.1. The summed E-state index contributed by atoms with van der Waals surface area (Å²) in [7, 11) is 0. The zero-order valence-corrected chi connectivity index (χ0v) is 13.8. The molecule has 25 heavy (non-hydrogen) atoms. The Balaban J connectivity index is 1.56. The summed E-state index contributed by atoms with van der Waals surface area (Å²) in [6.45, 7) is 0.427. The average molecular weight is 333 g/mol. The first kappa shape index (κ1) is 15.5. The Morgan fingerprint density at radius 1 is 1.04 bits per heavy atom. The molecule has 3 aromatic rings. The summed E-state index contributed by atoms with van der Waals surface area (Å²) < 4.78 is 5.38. The van der Waals surface area contributed by atoms with Gasteiger partial charge >= 0.3 is 0 Å². The Labute approximate surface area is 146 Å². The molecule has 1 saturated carbocycles. The Bertz CT molecular complexity index is 864. The van der Waals surface area contributed by atoms with Gasteiger partial charge in [-0.15, -0.1) is 0 Å². The fraction of sp³-hybridized carbons (Fsp3) is 0.190. The molecule has 1 aliphatic rings. The van der Waals surface area contributed by atoms with Crippen molar-refractivity contribution >= 4 is 5.91 Å². The van der Waals surface area contributed by atoms with E-state index in [9.17, 15) is 9.90 Å². The minimum Gasteiger partial charge on any atom is -0.508 e. The summed E-state index contributed by atoms with van der Waals surface area (Å²) in [5.74, 6) is 1.01. The van der Waals surface area contributed by atoms with Gasteiger partial charge in [0.15, 0.2) is 0 Å². The van der Waals surface area contributed by atoms with Crippen LogP contribution < -0.4 is 0 Å². The molecule has 126 valence electrons. The number of hydrogen-bond acceptors (Lipinski definition) is 3. The SMILES string of the molecule is O=C(c1ccc(-c2ccco2)cc1)N(Cc1ccccc1O)C1CC1. The monoisotopic (exact) mass is 333 g/mol. The molecular formula is C21H19NO3. The van der Waals surface area contributed by atoms with Crippen LogP contribution in [0.15, 0.2) is 71.3 Å². The molecule has 0 radical (unpaired) electrons. The van der Waals surface area contributed by atoms with E-state index in [1.807, 2.05) is 53.4 Å². The van der Waals surface area contributed by atoms with Crippen LogP contribution >= 0.6 is 0 Å². The van der Waals surface area contributed by atoms with Crippen LogP contribution in [0.5, 0.6) is 5.75 Å². The van der Waals surface area contributed by atoms with Gasteiger partial charge < -0.3 is 14.4 Å². The van der Waals surface area contributed by atoms with Crippen molar-refractivity contribution in [3.63, 3.8) is 0 Å². The summed E-state index contributed by atoms with van der Waals surface area (Å²) >= 11 is 0. The van der Waals surface area contributed by atoms with Crippen molar-refractivity contribution < 1.29 is 14.3 Å². The first-order chi connectivity index (χ1) is 12.2. The standard InChI is InChI=1S/C21H19NO3/c23-19-5-2-1-4-17(19)14-22(18-11-12-18)21(24)16-9-7-15(8-10-16)20-6-3-13-25-20/h1-10,13,18,23H,11-12,14H2. The second-order valence-electron chi connectivity index (χ2n) is 6.35. The maximum atomic E-state index is 13.0. The van der Waals surface area contributed by atoms with Gasteiger partial charge in [-0.1, -0.05) is 30.3 Å². The zero-order valence-electron chi connectivity index (χ0n) is 13.8. The quantitative estimate of drug-likeness (QED) is 0.750. The normalized spacial score (nSPS) is 13.6. The van der Waals surface area contributed by atoms with Crippen molar-refractivity contribution in [3.05, 3.63) is 78.1 Å². The highest BCUT2D eigenvalue weighted by Gasteiger charge is 2.33. The Morgan fingerprint density at radius 3 is 2.44 bits per heavy atom. The molecule has 2 aromatic carbocycles. The summed E-state index contributed by atoms with van der Waals surface area (Å²) in [5, 5.41) is 10.0. The molecule has 0 aliphatic heterocycles. The molecule has 1 N–H and O–H groups in total. The number of benzene rings is 2. The molecule has 1 amide bonds. The molecule has 1 aromatic heterocycles. The largest absolute Gasteiger partial charge is 0.508 e. The van der Waals surface area contributed by atoms with E-state index in [1.54, 1.807) is 18.4 Å². The maximum absolute atomic E-state index is 13.0. The van der Waals surface area contributed by atoms with E-state index in [0.29, 0.717) is 12.1 Å². The number of amides is 1. The lowest BCUT2D eigenvalue weighted by Crippen LogP contribution is -2.32. The average Bonchev–Trinajstić information content (AvgIpc) is 3.33. The molecule has 0 bridgehead atoms. The minimum atomic E-state index is -0.00301. The van der Waals surface area contributed by atoms with E-state index in [0.717, 1.165) is 29.7 Å². The van der Waals surface area contributed by atoms with Crippen molar-refractivity contribution in [2.24, 2.45) is 0 Å². The van der Waals surface area contributed by atoms with Crippen LogP contribution in [0.1, 0.15) is 28.8 Å². The predicted octanol–water partition coefficient (Wildman–Crippen LogP) is 4.46. The first-order valence-corrected chi connectivity index (χ1v) is 8.44. The van der Waals surface area contributed by atoms with Crippen LogP contribution in [0, 0.1) is 0 Å². The fourth-order valence-corrected chi connectivity index (χ4v) is 2.97. The highest BCUT2D eigenvalue weighted by molar-refractivity contribution is 5.95. The fourth-order valence-electron chi connectivity index (χ4n) is 2.97. The van der Waals surface area contributed by atoms with E-state index in [4.69, 9.17) is 4.42 Å². The van der Waals surface area contributed by atoms with Crippen molar-refractivity contribution in [2.45, 2.75) is 25.4 Å². The number of phenols is 1. The number of carbonyl (C=O) groups is 1. The molecule has 1 aliphatic carbocycles. The lowest BCUT2D eigenvalue weighted by Gasteiger charge is -2.23. The molecular weight excluding hydrogens is 314 g/mol. The smallest absolute Gasteiger partial charge is 0.254 e. The highest BCUT2D eigenvalue weighted by Crippen LogP contribution is 2.31. The number of aromatic hydroxyl groups is 1. The van der Waals surface area contributed by atoms with Gasteiger partial charge in [0.25, 0.3) is 5.91 Å². The van der Waals surface area contributed by atoms with E-state index in [2.05, 4.69) is 0 Å². The second kappa shape index (κ2) is 6.48. The van der Waals surface area contributed by atoms with Gasteiger partial charge in [-0.3, -0.25) is 4.79 Å². The Morgan fingerprint density at radius 2 is 1.80 bits per heavy atom. The van der Waals surface area contributed by atoms with E-state index < -0.39 is 0 Å². The molecule has 4 nitrogen and oxygen atoms in total. The van der Waals surface area contributed by atoms with Crippen LogP contribution in [0.25, 0.3) is 11.3 Å². The highest BCUT2D eigenvalue weighted by atomic mass is 16.3. The molecule has 0 spiro atoms. The summed E-state index contributed by atoms with van der Waals surface area (Å²) in [4.78, 5) is 14.8. The number of furan rings is 1. The second-order valence-corrected chi connectivity index (χ2v) is 6.35.